The average molecular weight is 246 g/mol. The van der Waals surface area contributed by atoms with Crippen LogP contribution < -0.4 is 5.32 Å². The fourth-order valence-electron chi connectivity index (χ4n) is 3.16. The van der Waals surface area contributed by atoms with Gasteiger partial charge in [0.05, 0.1) is 0 Å². The molecule has 2 unspecified atom stereocenters. The molecule has 2 nitrogen and oxygen atoms in total. The van der Waals surface area contributed by atoms with Crippen molar-refractivity contribution in [2.45, 2.75) is 52.0 Å². The molecule has 1 saturated carbocycles. The van der Waals surface area contributed by atoms with Gasteiger partial charge < -0.3 is 5.32 Å². The molecule has 1 aliphatic rings. The van der Waals surface area contributed by atoms with E-state index >= 15 is 0 Å². The molecule has 1 aliphatic carbocycles. The van der Waals surface area contributed by atoms with Gasteiger partial charge in [-0.3, -0.25) is 4.98 Å². The zero-order chi connectivity index (χ0) is 12.8. The lowest BCUT2D eigenvalue weighted by Crippen LogP contribution is -2.41. The highest BCUT2D eigenvalue weighted by Gasteiger charge is 2.26. The summed E-state index contributed by atoms with van der Waals surface area (Å²) >= 11 is 0. The number of nitrogens with zero attached hydrogens (tertiary/aromatic N) is 1. The van der Waals surface area contributed by atoms with Crippen molar-refractivity contribution in [3.63, 3.8) is 0 Å². The smallest absolute Gasteiger partial charge is 0.0300 e. The van der Waals surface area contributed by atoms with Crippen LogP contribution in [0, 0.1) is 11.8 Å². The standard InChI is InChI=1S/C16H26N2/c1-13(2)15-7-3-4-8-16(15)18-11-9-14-6-5-10-17-12-14/h5-6,10,12-13,15-16,18H,3-4,7-9,11H2,1-2H3. The first-order valence-corrected chi connectivity index (χ1v) is 7.39. The topological polar surface area (TPSA) is 24.9 Å². The van der Waals surface area contributed by atoms with Crippen molar-refractivity contribution >= 4 is 0 Å². The Morgan fingerprint density at radius 2 is 2.17 bits per heavy atom. The fraction of sp³-hybridized carbons (Fsp3) is 0.688. The molecule has 100 valence electrons. The molecular formula is C16H26N2. The second-order valence-corrected chi connectivity index (χ2v) is 5.86. The molecule has 1 heterocycles. The van der Waals surface area contributed by atoms with Crippen molar-refractivity contribution in [1.29, 1.82) is 0 Å². The molecule has 0 radical (unpaired) electrons. The second-order valence-electron chi connectivity index (χ2n) is 5.86. The zero-order valence-electron chi connectivity index (χ0n) is 11.7. The molecule has 1 N–H and O–H groups in total. The lowest BCUT2D eigenvalue weighted by atomic mass is 9.78. The highest BCUT2D eigenvalue weighted by Crippen LogP contribution is 2.30. The molecule has 0 bridgehead atoms. The summed E-state index contributed by atoms with van der Waals surface area (Å²) in [7, 11) is 0. The third-order valence-electron chi connectivity index (χ3n) is 4.22. The predicted octanol–water partition coefficient (Wildman–Crippen LogP) is 3.43. The second kappa shape index (κ2) is 6.89. The minimum atomic E-state index is 0.732. The van der Waals surface area contributed by atoms with Gasteiger partial charge in [0.1, 0.15) is 0 Å². The average Bonchev–Trinajstić information content (AvgIpc) is 2.40. The SMILES string of the molecule is CC(C)C1CCCCC1NCCc1cccnc1. The molecule has 2 atom stereocenters. The molecule has 2 rings (SSSR count). The van der Waals surface area contributed by atoms with Gasteiger partial charge in [0.25, 0.3) is 0 Å². The van der Waals surface area contributed by atoms with Gasteiger partial charge in [-0.05, 0) is 49.3 Å². The van der Waals surface area contributed by atoms with Crippen molar-refractivity contribution in [2.75, 3.05) is 6.54 Å². The first kappa shape index (κ1) is 13.5. The Morgan fingerprint density at radius 3 is 2.89 bits per heavy atom. The summed E-state index contributed by atoms with van der Waals surface area (Å²) in [6, 6.07) is 4.91. The van der Waals surface area contributed by atoms with E-state index in [9.17, 15) is 0 Å². The summed E-state index contributed by atoms with van der Waals surface area (Å²) in [5.74, 6) is 1.67. The number of rotatable bonds is 5. The van der Waals surface area contributed by atoms with Gasteiger partial charge in [0.15, 0.2) is 0 Å². The summed E-state index contributed by atoms with van der Waals surface area (Å²) in [6.07, 6.45) is 10.5. The molecule has 0 saturated heterocycles. The Hall–Kier alpha value is -0.890. The maximum absolute atomic E-state index is 4.17. The van der Waals surface area contributed by atoms with Crippen molar-refractivity contribution in [1.82, 2.24) is 10.3 Å². The van der Waals surface area contributed by atoms with Crippen molar-refractivity contribution in [3.8, 4) is 0 Å². The molecule has 18 heavy (non-hydrogen) atoms. The zero-order valence-corrected chi connectivity index (χ0v) is 11.7. The summed E-state index contributed by atoms with van der Waals surface area (Å²) in [4.78, 5) is 4.17. The largest absolute Gasteiger partial charge is 0.313 e. The first-order valence-electron chi connectivity index (χ1n) is 7.39. The van der Waals surface area contributed by atoms with Crippen molar-refractivity contribution in [3.05, 3.63) is 30.1 Å². The van der Waals surface area contributed by atoms with Crippen LogP contribution in [0.15, 0.2) is 24.5 Å². The third-order valence-corrected chi connectivity index (χ3v) is 4.22. The van der Waals surface area contributed by atoms with Crippen LogP contribution in [-0.4, -0.2) is 17.6 Å². The number of hydrogen-bond acceptors (Lipinski definition) is 2. The van der Waals surface area contributed by atoms with Crippen molar-refractivity contribution < 1.29 is 0 Å². The monoisotopic (exact) mass is 246 g/mol. The predicted molar refractivity (Wildman–Crippen MR) is 76.5 cm³/mol. The molecule has 1 aromatic heterocycles. The molecule has 0 aliphatic heterocycles. The number of aromatic nitrogens is 1. The molecule has 1 fully saturated rings. The van der Waals surface area contributed by atoms with Crippen LogP contribution in [0.4, 0.5) is 0 Å². The summed E-state index contributed by atoms with van der Waals surface area (Å²) in [5, 5.41) is 3.77. The summed E-state index contributed by atoms with van der Waals surface area (Å²) < 4.78 is 0. The van der Waals surface area contributed by atoms with E-state index in [4.69, 9.17) is 0 Å². The van der Waals surface area contributed by atoms with Crippen LogP contribution in [0.1, 0.15) is 45.1 Å². The van der Waals surface area contributed by atoms with Gasteiger partial charge in [-0.1, -0.05) is 32.8 Å². The van der Waals surface area contributed by atoms with Gasteiger partial charge in [0, 0.05) is 18.4 Å². The third kappa shape index (κ3) is 3.81. The van der Waals surface area contributed by atoms with Gasteiger partial charge >= 0.3 is 0 Å². The fourth-order valence-corrected chi connectivity index (χ4v) is 3.16. The summed E-state index contributed by atoms with van der Waals surface area (Å²) in [5.41, 5.74) is 1.34. The van der Waals surface area contributed by atoms with E-state index in [2.05, 4.69) is 30.2 Å². The quantitative estimate of drug-likeness (QED) is 0.861. The van der Waals surface area contributed by atoms with Gasteiger partial charge in [-0.2, -0.15) is 0 Å². The van der Waals surface area contributed by atoms with Gasteiger partial charge in [-0.25, -0.2) is 0 Å². The molecule has 0 amide bonds. The minimum Gasteiger partial charge on any atom is -0.313 e. The first-order chi connectivity index (χ1) is 8.77. The van der Waals surface area contributed by atoms with Crippen LogP contribution in [0.25, 0.3) is 0 Å². The van der Waals surface area contributed by atoms with Gasteiger partial charge in [-0.15, -0.1) is 0 Å². The van der Waals surface area contributed by atoms with E-state index in [1.807, 2.05) is 18.5 Å². The molecule has 2 heteroatoms. The van der Waals surface area contributed by atoms with Crippen LogP contribution in [0.3, 0.4) is 0 Å². The Morgan fingerprint density at radius 1 is 1.33 bits per heavy atom. The normalized spacial score (nSPS) is 24.4. The van der Waals surface area contributed by atoms with Crippen LogP contribution >= 0.6 is 0 Å². The summed E-state index contributed by atoms with van der Waals surface area (Å²) in [6.45, 7) is 5.82. The van der Waals surface area contributed by atoms with E-state index in [0.29, 0.717) is 0 Å². The maximum Gasteiger partial charge on any atom is 0.0300 e. The van der Waals surface area contributed by atoms with E-state index in [0.717, 1.165) is 30.8 Å². The van der Waals surface area contributed by atoms with E-state index < -0.39 is 0 Å². The lowest BCUT2D eigenvalue weighted by molar-refractivity contribution is 0.207. The molecule has 0 aromatic carbocycles. The molecule has 0 spiro atoms. The number of nitrogens with one attached hydrogen (secondary N) is 1. The maximum atomic E-state index is 4.17. The van der Waals surface area contributed by atoms with E-state index in [-0.39, 0.29) is 0 Å². The highest BCUT2D eigenvalue weighted by molar-refractivity contribution is 5.08. The number of pyridine rings is 1. The lowest BCUT2D eigenvalue weighted by Gasteiger charge is -2.35. The van der Waals surface area contributed by atoms with Crippen LogP contribution in [0.2, 0.25) is 0 Å². The van der Waals surface area contributed by atoms with Gasteiger partial charge in [0.2, 0.25) is 0 Å². The minimum absolute atomic E-state index is 0.732. The Balaban J connectivity index is 1.78. The van der Waals surface area contributed by atoms with E-state index in [1.165, 1.54) is 31.2 Å². The van der Waals surface area contributed by atoms with E-state index in [1.54, 1.807) is 0 Å². The van der Waals surface area contributed by atoms with Crippen LogP contribution in [0.5, 0.6) is 0 Å². The molecular weight excluding hydrogens is 220 g/mol. The Kier molecular flexibility index (Phi) is 5.18. The Bertz CT molecular complexity index is 334. The highest BCUT2D eigenvalue weighted by atomic mass is 14.9. The number of hydrogen-bond donors (Lipinski definition) is 1. The Labute approximate surface area is 111 Å². The van der Waals surface area contributed by atoms with Crippen LogP contribution in [-0.2, 0) is 6.42 Å². The van der Waals surface area contributed by atoms with Crippen molar-refractivity contribution in [2.24, 2.45) is 11.8 Å². The molecule has 1 aromatic rings.